The number of ether oxygens (including phenoxy) is 1. The molecule has 1 saturated heterocycles. The zero-order valence-corrected chi connectivity index (χ0v) is 19.8. The molecule has 0 spiro atoms. The molecule has 0 aliphatic carbocycles. The lowest BCUT2D eigenvalue weighted by Gasteiger charge is -2.36. The van der Waals surface area contributed by atoms with Gasteiger partial charge in [0.25, 0.3) is 5.91 Å². The third-order valence-electron chi connectivity index (χ3n) is 6.24. The van der Waals surface area contributed by atoms with Crippen LogP contribution in [0.2, 0.25) is 0 Å². The lowest BCUT2D eigenvalue weighted by molar-refractivity contribution is -0.126. The van der Waals surface area contributed by atoms with Crippen LogP contribution in [0.1, 0.15) is 19.3 Å². The third-order valence-corrected chi connectivity index (χ3v) is 6.81. The molecule has 34 heavy (non-hydrogen) atoms. The molecule has 4 rings (SSSR count). The number of halogens is 2. The fraction of sp³-hybridized carbons (Fsp3) is 0.440. The van der Waals surface area contributed by atoms with Crippen LogP contribution in [0, 0.1) is 22.3 Å². The Morgan fingerprint density at radius 3 is 2.56 bits per heavy atom. The first-order chi connectivity index (χ1) is 16.6. The van der Waals surface area contributed by atoms with E-state index in [2.05, 4.69) is 4.90 Å². The normalized spacial score (nSPS) is 18.4. The molecule has 6 nitrogen and oxygen atoms in total. The summed E-state index contributed by atoms with van der Waals surface area (Å²) in [5, 5.41) is 10.8. The zero-order valence-electron chi connectivity index (χ0n) is 19.0. The number of amides is 1. The van der Waals surface area contributed by atoms with Crippen LogP contribution in [0.4, 0.5) is 20.2 Å². The van der Waals surface area contributed by atoms with Crippen molar-refractivity contribution >= 4 is 29.0 Å². The molecule has 180 valence electrons. The van der Waals surface area contributed by atoms with Gasteiger partial charge in [0.05, 0.1) is 11.4 Å². The Morgan fingerprint density at radius 1 is 1.03 bits per heavy atom. The van der Waals surface area contributed by atoms with Crippen molar-refractivity contribution in [2.45, 2.75) is 25.4 Å². The third kappa shape index (κ3) is 5.80. The highest BCUT2D eigenvalue weighted by Crippen LogP contribution is 2.35. The molecule has 0 aromatic heterocycles. The molecule has 2 aliphatic rings. The van der Waals surface area contributed by atoms with E-state index in [-0.39, 0.29) is 5.91 Å². The van der Waals surface area contributed by atoms with E-state index in [0.717, 1.165) is 56.0 Å². The van der Waals surface area contributed by atoms with Crippen LogP contribution in [0.15, 0.2) is 42.5 Å². The Bertz CT molecular complexity index is 1040. The number of carbonyl (C=O) groups is 1. The van der Waals surface area contributed by atoms with Crippen molar-refractivity contribution < 1.29 is 18.3 Å². The van der Waals surface area contributed by atoms with Crippen molar-refractivity contribution in [2.24, 2.45) is 0 Å². The average Bonchev–Trinajstić information content (AvgIpc) is 2.84. The minimum atomic E-state index is -0.561. The van der Waals surface area contributed by atoms with Gasteiger partial charge in [0.15, 0.2) is 6.10 Å². The van der Waals surface area contributed by atoms with Crippen LogP contribution in [-0.2, 0) is 4.79 Å². The number of nitrogens with zero attached hydrogens (tertiary/aromatic N) is 4. The lowest BCUT2D eigenvalue weighted by atomic mass is 10.1. The van der Waals surface area contributed by atoms with Crippen LogP contribution in [0.3, 0.4) is 0 Å². The molecule has 0 N–H and O–H groups in total. The Hall–Kier alpha value is -2.83. The van der Waals surface area contributed by atoms with Gasteiger partial charge in [-0.15, -0.1) is 0 Å². The SMILES string of the molecule is N#CSCCC1Oc2ccccc2N(CCCCN2CCN(c3ccc(F)cc3F)CC2)C1=O. The molecule has 1 amide bonds. The molecule has 9 heteroatoms. The topological polar surface area (TPSA) is 59.8 Å². The second kappa shape index (κ2) is 11.5. The fourth-order valence-electron chi connectivity index (χ4n) is 4.46. The van der Waals surface area contributed by atoms with Gasteiger partial charge in [-0.1, -0.05) is 12.1 Å². The van der Waals surface area contributed by atoms with Gasteiger partial charge >= 0.3 is 0 Å². The van der Waals surface area contributed by atoms with Crippen LogP contribution >= 0.6 is 11.8 Å². The number of benzene rings is 2. The number of nitriles is 1. The molecule has 2 heterocycles. The minimum Gasteiger partial charge on any atom is -0.478 e. The number of fused-ring (bicyclic) bond motifs is 1. The predicted octanol–water partition coefficient (Wildman–Crippen LogP) is 4.27. The highest BCUT2D eigenvalue weighted by Gasteiger charge is 2.33. The summed E-state index contributed by atoms with van der Waals surface area (Å²) in [6.45, 7) is 4.54. The first kappa shape index (κ1) is 24.3. The number of para-hydroxylation sites is 2. The maximum Gasteiger partial charge on any atom is 0.268 e. The van der Waals surface area contributed by atoms with Gasteiger partial charge in [-0.25, -0.2) is 8.78 Å². The number of unbranched alkanes of at least 4 members (excludes halogenated alkanes) is 1. The summed E-state index contributed by atoms with van der Waals surface area (Å²) in [4.78, 5) is 19.2. The van der Waals surface area contributed by atoms with E-state index in [1.165, 1.54) is 12.1 Å². The summed E-state index contributed by atoms with van der Waals surface area (Å²) in [5.74, 6) is 0.129. The fourth-order valence-corrected chi connectivity index (χ4v) is 4.88. The summed E-state index contributed by atoms with van der Waals surface area (Å²) in [6, 6.07) is 11.3. The van der Waals surface area contributed by atoms with Crippen LogP contribution in [-0.4, -0.2) is 61.9 Å². The molecule has 0 saturated carbocycles. The highest BCUT2D eigenvalue weighted by atomic mass is 32.2. The van der Waals surface area contributed by atoms with Crippen molar-refractivity contribution in [3.8, 4) is 11.2 Å². The van der Waals surface area contributed by atoms with Gasteiger partial charge in [-0.05, 0) is 55.4 Å². The monoisotopic (exact) mass is 486 g/mol. The van der Waals surface area contributed by atoms with Crippen LogP contribution in [0.5, 0.6) is 5.75 Å². The second-order valence-corrected chi connectivity index (χ2v) is 9.30. The number of hydrogen-bond acceptors (Lipinski definition) is 6. The quantitative estimate of drug-likeness (QED) is 0.390. The van der Waals surface area contributed by atoms with Crippen molar-refractivity contribution in [3.05, 3.63) is 54.1 Å². The van der Waals surface area contributed by atoms with Gasteiger partial charge in [0, 0.05) is 51.0 Å². The van der Waals surface area contributed by atoms with Gasteiger partial charge < -0.3 is 14.5 Å². The van der Waals surface area contributed by atoms with E-state index >= 15 is 0 Å². The summed E-state index contributed by atoms with van der Waals surface area (Å²) < 4.78 is 33.1. The molecule has 1 atom stereocenters. The number of thioether (sulfide) groups is 1. The Labute approximate surface area is 203 Å². The first-order valence-corrected chi connectivity index (χ1v) is 12.6. The summed E-state index contributed by atoms with van der Waals surface area (Å²) >= 11 is 1.13. The summed E-state index contributed by atoms with van der Waals surface area (Å²) in [6.07, 6.45) is 1.73. The maximum atomic E-state index is 14.1. The van der Waals surface area contributed by atoms with E-state index in [0.29, 0.717) is 43.2 Å². The smallest absolute Gasteiger partial charge is 0.268 e. The average molecular weight is 487 g/mol. The first-order valence-electron chi connectivity index (χ1n) is 11.6. The van der Waals surface area contributed by atoms with Crippen molar-refractivity contribution in [2.75, 3.05) is 54.8 Å². The lowest BCUT2D eigenvalue weighted by Crippen LogP contribution is -2.47. The van der Waals surface area contributed by atoms with E-state index < -0.39 is 17.7 Å². The molecular weight excluding hydrogens is 458 g/mol. The number of hydrogen-bond donors (Lipinski definition) is 0. The van der Waals surface area contributed by atoms with E-state index in [1.807, 2.05) is 39.5 Å². The van der Waals surface area contributed by atoms with Crippen LogP contribution in [0.25, 0.3) is 0 Å². The Balaban J connectivity index is 1.25. The molecule has 0 radical (unpaired) electrons. The molecule has 1 unspecified atom stereocenters. The molecule has 2 aliphatic heterocycles. The summed E-state index contributed by atoms with van der Waals surface area (Å²) in [7, 11) is 0. The van der Waals surface area contributed by atoms with Crippen LogP contribution < -0.4 is 14.5 Å². The number of thiocyanates is 1. The zero-order chi connectivity index (χ0) is 23.9. The Kier molecular flexibility index (Phi) is 8.25. The van der Waals surface area contributed by atoms with Crippen molar-refractivity contribution in [3.63, 3.8) is 0 Å². The molecule has 2 aromatic rings. The highest BCUT2D eigenvalue weighted by molar-refractivity contribution is 8.03. The number of piperazine rings is 1. The van der Waals surface area contributed by atoms with Gasteiger partial charge in [0.2, 0.25) is 0 Å². The molecule has 0 bridgehead atoms. The number of anilines is 2. The van der Waals surface area contributed by atoms with E-state index in [9.17, 15) is 13.6 Å². The minimum absolute atomic E-state index is 0.0489. The van der Waals surface area contributed by atoms with E-state index in [4.69, 9.17) is 10.00 Å². The number of rotatable bonds is 9. The van der Waals surface area contributed by atoms with Gasteiger partial charge in [0.1, 0.15) is 22.8 Å². The standard InChI is InChI=1S/C25H28F2N4O2S/c26-19-7-8-21(20(27)17-19)30-14-12-29(13-15-30)10-3-4-11-31-22-5-1-2-6-23(22)33-24(25(31)32)9-16-34-18-28/h1-2,5-8,17,24H,3-4,9-16H2. The number of carbonyl (C=O) groups excluding carboxylic acids is 1. The Morgan fingerprint density at radius 2 is 1.79 bits per heavy atom. The molecule has 2 aromatic carbocycles. The van der Waals surface area contributed by atoms with Crippen molar-refractivity contribution in [1.82, 2.24) is 4.90 Å². The molecule has 1 fully saturated rings. The van der Waals surface area contributed by atoms with E-state index in [1.54, 1.807) is 0 Å². The largest absolute Gasteiger partial charge is 0.478 e. The maximum absolute atomic E-state index is 14.1. The summed E-state index contributed by atoms with van der Waals surface area (Å²) in [5.41, 5.74) is 1.25. The van der Waals surface area contributed by atoms with Crippen molar-refractivity contribution in [1.29, 1.82) is 5.26 Å². The second-order valence-electron chi connectivity index (χ2n) is 8.42. The molecular formula is C25H28F2N4O2S. The predicted molar refractivity (Wildman–Crippen MR) is 130 cm³/mol. The van der Waals surface area contributed by atoms with Gasteiger partial charge in [-0.2, -0.15) is 5.26 Å². The van der Waals surface area contributed by atoms with Gasteiger partial charge in [-0.3, -0.25) is 9.69 Å².